The number of aromatic nitrogens is 1. The van der Waals surface area contributed by atoms with Crippen molar-refractivity contribution in [2.24, 2.45) is 5.92 Å². The number of nitrogens with one attached hydrogen (secondary N) is 1. The highest BCUT2D eigenvalue weighted by Gasteiger charge is 2.30. The maximum Gasteiger partial charge on any atom is 0.357 e. The Bertz CT molecular complexity index is 503. The van der Waals surface area contributed by atoms with Crippen molar-refractivity contribution < 1.29 is 19.1 Å². The number of amides is 1. The Morgan fingerprint density at radius 2 is 2.38 bits per heavy atom. The van der Waals surface area contributed by atoms with E-state index in [2.05, 4.69) is 10.3 Å². The van der Waals surface area contributed by atoms with E-state index in [1.807, 2.05) is 6.92 Å². The quantitative estimate of drug-likeness (QED) is 0.804. The summed E-state index contributed by atoms with van der Waals surface area (Å²) in [6.45, 7) is 5.24. The zero-order valence-corrected chi connectivity index (χ0v) is 13.1. The Morgan fingerprint density at radius 1 is 1.57 bits per heavy atom. The van der Waals surface area contributed by atoms with Crippen LogP contribution in [0.5, 0.6) is 0 Å². The number of carbonyl (C=O) groups excluding carboxylic acids is 2. The number of carbonyl (C=O) groups is 2. The molecule has 1 fully saturated rings. The number of nitrogens with zero attached hydrogens (tertiary/aromatic N) is 1. The second kappa shape index (κ2) is 7.51. The molecule has 2 rings (SSSR count). The second-order valence-electron chi connectivity index (χ2n) is 4.95. The predicted octanol–water partition coefficient (Wildman–Crippen LogP) is 1.40. The van der Waals surface area contributed by atoms with E-state index in [9.17, 15) is 9.59 Å². The van der Waals surface area contributed by atoms with Gasteiger partial charge in [-0.05, 0) is 19.3 Å². The molecule has 0 spiro atoms. The highest BCUT2D eigenvalue weighted by atomic mass is 32.1. The predicted molar refractivity (Wildman–Crippen MR) is 78.3 cm³/mol. The maximum atomic E-state index is 11.9. The average Bonchev–Trinajstić information content (AvgIpc) is 3.08. The number of ether oxygens (including phenoxy) is 2. The summed E-state index contributed by atoms with van der Waals surface area (Å²) in [5.74, 6) is -0.209. The number of thiazole rings is 1. The summed E-state index contributed by atoms with van der Waals surface area (Å²) in [5, 5.41) is 5.34. The molecule has 1 aromatic rings. The molecule has 6 nitrogen and oxygen atoms in total. The van der Waals surface area contributed by atoms with E-state index in [1.54, 1.807) is 12.3 Å². The number of rotatable bonds is 6. The molecular formula is C14H20N2O4S. The van der Waals surface area contributed by atoms with Gasteiger partial charge < -0.3 is 14.8 Å². The van der Waals surface area contributed by atoms with Crippen molar-refractivity contribution in [2.75, 3.05) is 19.8 Å². The molecule has 2 heterocycles. The van der Waals surface area contributed by atoms with E-state index in [-0.39, 0.29) is 17.9 Å². The van der Waals surface area contributed by atoms with Gasteiger partial charge in [0.05, 0.1) is 11.6 Å². The van der Waals surface area contributed by atoms with Gasteiger partial charge in [0, 0.05) is 25.0 Å². The zero-order chi connectivity index (χ0) is 15.2. The molecule has 0 aromatic carbocycles. The van der Waals surface area contributed by atoms with Crippen molar-refractivity contribution in [1.82, 2.24) is 10.3 Å². The Hall–Kier alpha value is -1.47. The first-order valence-corrected chi connectivity index (χ1v) is 8.00. The Morgan fingerprint density at radius 3 is 3.05 bits per heavy atom. The first kappa shape index (κ1) is 15.9. The third-order valence-electron chi connectivity index (χ3n) is 3.32. The normalized spacial score (nSPS) is 21.2. The van der Waals surface area contributed by atoms with Gasteiger partial charge in [0.2, 0.25) is 5.91 Å². The van der Waals surface area contributed by atoms with Crippen molar-refractivity contribution in [2.45, 2.75) is 32.8 Å². The summed E-state index contributed by atoms with van der Waals surface area (Å²) in [6, 6.07) is 0. The van der Waals surface area contributed by atoms with Crippen LogP contribution in [-0.4, -0.2) is 42.7 Å². The molecule has 1 aromatic heterocycles. The molecule has 0 saturated carbocycles. The molecule has 1 amide bonds. The molecule has 2 atom stereocenters. The first-order valence-electron chi connectivity index (χ1n) is 7.12. The Labute approximate surface area is 127 Å². The van der Waals surface area contributed by atoms with Crippen LogP contribution in [0, 0.1) is 5.92 Å². The molecule has 1 saturated heterocycles. The lowest BCUT2D eigenvalue weighted by molar-refractivity contribution is -0.131. The summed E-state index contributed by atoms with van der Waals surface area (Å²) in [7, 11) is 0. The first-order chi connectivity index (χ1) is 10.1. The van der Waals surface area contributed by atoms with Crippen LogP contribution in [0.4, 0.5) is 0 Å². The zero-order valence-electron chi connectivity index (χ0n) is 12.3. The van der Waals surface area contributed by atoms with Crippen LogP contribution in [0.15, 0.2) is 5.38 Å². The Balaban J connectivity index is 1.76. The summed E-state index contributed by atoms with van der Waals surface area (Å²) in [5.41, 5.74) is 0.330. The van der Waals surface area contributed by atoms with E-state index < -0.39 is 5.97 Å². The Kier molecular flexibility index (Phi) is 5.69. The lowest BCUT2D eigenvalue weighted by Gasteiger charge is -2.13. The molecule has 0 unspecified atom stereocenters. The molecule has 0 bridgehead atoms. The van der Waals surface area contributed by atoms with Gasteiger partial charge in [-0.2, -0.15) is 0 Å². The SMILES string of the molecule is CCOC(=O)c1csc(CCNC(=O)[C@@H]2OCC[C@H]2C)n1. The van der Waals surface area contributed by atoms with Gasteiger partial charge in [0.1, 0.15) is 6.10 Å². The fraction of sp³-hybridized carbons (Fsp3) is 0.643. The largest absolute Gasteiger partial charge is 0.461 e. The molecule has 21 heavy (non-hydrogen) atoms. The van der Waals surface area contributed by atoms with Crippen molar-refractivity contribution in [1.29, 1.82) is 0 Å². The fourth-order valence-corrected chi connectivity index (χ4v) is 2.92. The van der Waals surface area contributed by atoms with Crippen LogP contribution >= 0.6 is 11.3 Å². The van der Waals surface area contributed by atoms with E-state index in [0.717, 1.165) is 11.4 Å². The minimum atomic E-state index is -0.405. The van der Waals surface area contributed by atoms with Gasteiger partial charge in [-0.3, -0.25) is 4.79 Å². The van der Waals surface area contributed by atoms with Crippen molar-refractivity contribution >= 4 is 23.2 Å². The smallest absolute Gasteiger partial charge is 0.357 e. The summed E-state index contributed by atoms with van der Waals surface area (Å²) < 4.78 is 10.3. The molecule has 0 aliphatic carbocycles. The van der Waals surface area contributed by atoms with Crippen molar-refractivity contribution in [3.63, 3.8) is 0 Å². The number of hydrogen-bond acceptors (Lipinski definition) is 6. The van der Waals surface area contributed by atoms with Crippen molar-refractivity contribution in [3.8, 4) is 0 Å². The third-order valence-corrected chi connectivity index (χ3v) is 4.23. The van der Waals surface area contributed by atoms with Gasteiger partial charge in [-0.1, -0.05) is 6.92 Å². The summed E-state index contributed by atoms with van der Waals surface area (Å²) >= 11 is 1.39. The van der Waals surface area contributed by atoms with Crippen LogP contribution in [0.1, 0.15) is 35.8 Å². The molecule has 0 radical (unpaired) electrons. The molecule has 1 N–H and O–H groups in total. The lowest BCUT2D eigenvalue weighted by Crippen LogP contribution is -2.38. The summed E-state index contributed by atoms with van der Waals surface area (Å²) in [4.78, 5) is 27.6. The van der Waals surface area contributed by atoms with E-state index in [0.29, 0.717) is 31.9 Å². The minimum Gasteiger partial charge on any atom is -0.461 e. The molecule has 1 aliphatic rings. The third kappa shape index (κ3) is 4.25. The van der Waals surface area contributed by atoms with Crippen LogP contribution in [0.25, 0.3) is 0 Å². The van der Waals surface area contributed by atoms with Crippen LogP contribution in [0.2, 0.25) is 0 Å². The highest BCUT2D eigenvalue weighted by molar-refractivity contribution is 7.09. The van der Waals surface area contributed by atoms with Gasteiger partial charge in [0.25, 0.3) is 0 Å². The van der Waals surface area contributed by atoms with Gasteiger partial charge in [0.15, 0.2) is 5.69 Å². The molecule has 7 heteroatoms. The van der Waals surface area contributed by atoms with Crippen molar-refractivity contribution in [3.05, 3.63) is 16.1 Å². The number of hydrogen-bond donors (Lipinski definition) is 1. The number of esters is 1. The molecule has 1 aliphatic heterocycles. The van der Waals surface area contributed by atoms with E-state index in [4.69, 9.17) is 9.47 Å². The summed E-state index contributed by atoms with van der Waals surface area (Å²) in [6.07, 6.45) is 1.18. The minimum absolute atomic E-state index is 0.0674. The lowest BCUT2D eigenvalue weighted by atomic mass is 10.0. The maximum absolute atomic E-state index is 11.9. The highest BCUT2D eigenvalue weighted by Crippen LogP contribution is 2.20. The average molecular weight is 312 g/mol. The monoisotopic (exact) mass is 312 g/mol. The van der Waals surface area contributed by atoms with Gasteiger partial charge in [-0.25, -0.2) is 9.78 Å². The van der Waals surface area contributed by atoms with Gasteiger partial charge >= 0.3 is 5.97 Å². The second-order valence-corrected chi connectivity index (χ2v) is 5.89. The van der Waals surface area contributed by atoms with Crippen LogP contribution in [-0.2, 0) is 20.7 Å². The van der Waals surface area contributed by atoms with Gasteiger partial charge in [-0.15, -0.1) is 11.3 Å². The molecule has 116 valence electrons. The van der Waals surface area contributed by atoms with E-state index >= 15 is 0 Å². The fourth-order valence-electron chi connectivity index (χ4n) is 2.15. The van der Waals surface area contributed by atoms with Crippen LogP contribution < -0.4 is 5.32 Å². The van der Waals surface area contributed by atoms with E-state index in [1.165, 1.54) is 11.3 Å². The molecular weight excluding hydrogens is 292 g/mol. The standard InChI is InChI=1S/C14H20N2O4S/c1-3-19-14(18)10-8-21-11(16-10)4-6-15-13(17)12-9(2)5-7-20-12/h8-9,12H,3-7H2,1-2H3,(H,15,17)/t9-,12-/m1/s1. The van der Waals surface area contributed by atoms with Crippen LogP contribution in [0.3, 0.4) is 0 Å². The topological polar surface area (TPSA) is 77.5 Å².